The van der Waals surface area contributed by atoms with Crippen molar-refractivity contribution in [2.24, 2.45) is 0 Å². The molecule has 0 aliphatic carbocycles. The highest BCUT2D eigenvalue weighted by molar-refractivity contribution is 5.61. The third-order valence-corrected chi connectivity index (χ3v) is 2.80. The number of nitro benzene ring substituents is 1. The van der Waals surface area contributed by atoms with E-state index in [1.54, 1.807) is 29.2 Å². The van der Waals surface area contributed by atoms with Gasteiger partial charge in [-0.15, -0.1) is 10.2 Å². The zero-order valence-electron chi connectivity index (χ0n) is 10.3. The molecule has 8 nitrogen and oxygen atoms in total. The van der Waals surface area contributed by atoms with E-state index in [9.17, 15) is 10.1 Å². The molecule has 1 aromatic carbocycles. The van der Waals surface area contributed by atoms with E-state index in [0.717, 1.165) is 5.56 Å². The van der Waals surface area contributed by atoms with Crippen LogP contribution < -0.4 is 5.32 Å². The zero-order chi connectivity index (χ0) is 13.9. The third-order valence-electron chi connectivity index (χ3n) is 2.80. The van der Waals surface area contributed by atoms with Crippen LogP contribution in [0.3, 0.4) is 0 Å². The molecular weight excluding hydrogens is 260 g/mol. The Balaban J connectivity index is 1.81. The Morgan fingerprint density at radius 1 is 1.40 bits per heavy atom. The van der Waals surface area contributed by atoms with Gasteiger partial charge in [-0.05, 0) is 5.56 Å². The van der Waals surface area contributed by atoms with Crippen LogP contribution >= 0.6 is 0 Å². The SMILES string of the molecule is O=[N+]([O-])c1cccc(CNc2nccn3cnnc23)c1. The molecule has 0 fully saturated rings. The third kappa shape index (κ3) is 2.26. The predicted molar refractivity (Wildman–Crippen MR) is 71.2 cm³/mol. The van der Waals surface area contributed by atoms with Crippen LogP contribution in [0.2, 0.25) is 0 Å². The minimum absolute atomic E-state index is 0.0675. The fourth-order valence-electron chi connectivity index (χ4n) is 1.85. The van der Waals surface area contributed by atoms with E-state index < -0.39 is 4.92 Å². The smallest absolute Gasteiger partial charge is 0.269 e. The van der Waals surface area contributed by atoms with Crippen LogP contribution in [0.5, 0.6) is 0 Å². The van der Waals surface area contributed by atoms with Gasteiger partial charge in [-0.25, -0.2) is 4.98 Å². The average molecular weight is 270 g/mol. The predicted octanol–water partition coefficient (Wildman–Crippen LogP) is 1.64. The largest absolute Gasteiger partial charge is 0.363 e. The lowest BCUT2D eigenvalue weighted by Crippen LogP contribution is -2.04. The monoisotopic (exact) mass is 270 g/mol. The van der Waals surface area contributed by atoms with Gasteiger partial charge < -0.3 is 5.32 Å². The van der Waals surface area contributed by atoms with Gasteiger partial charge in [0.05, 0.1) is 4.92 Å². The van der Waals surface area contributed by atoms with E-state index in [4.69, 9.17) is 0 Å². The molecule has 0 amide bonds. The van der Waals surface area contributed by atoms with E-state index in [1.165, 1.54) is 12.1 Å². The molecule has 0 aliphatic heterocycles. The number of hydrogen-bond acceptors (Lipinski definition) is 6. The second kappa shape index (κ2) is 4.92. The molecule has 3 rings (SSSR count). The van der Waals surface area contributed by atoms with Crippen LogP contribution in [-0.4, -0.2) is 24.5 Å². The number of nitrogens with one attached hydrogen (secondary N) is 1. The summed E-state index contributed by atoms with van der Waals surface area (Å²) in [7, 11) is 0. The molecule has 3 aromatic rings. The van der Waals surface area contributed by atoms with Crippen LogP contribution in [0.4, 0.5) is 11.5 Å². The number of fused-ring (bicyclic) bond motifs is 1. The molecule has 0 bridgehead atoms. The van der Waals surface area contributed by atoms with Crippen LogP contribution in [0.15, 0.2) is 43.0 Å². The molecule has 20 heavy (non-hydrogen) atoms. The maximum atomic E-state index is 10.7. The standard InChI is InChI=1S/C12H10N6O2/c19-18(20)10-3-1-2-9(6-10)7-14-11-12-16-15-8-17(12)5-4-13-11/h1-6,8H,7H2,(H,13,14). The Morgan fingerprint density at radius 2 is 2.30 bits per heavy atom. The van der Waals surface area contributed by atoms with Crippen molar-refractivity contribution in [1.29, 1.82) is 0 Å². The summed E-state index contributed by atoms with van der Waals surface area (Å²) in [5.74, 6) is 0.580. The number of rotatable bonds is 4. The molecule has 0 unspecified atom stereocenters. The van der Waals surface area contributed by atoms with Crippen molar-refractivity contribution in [2.75, 3.05) is 5.32 Å². The van der Waals surface area contributed by atoms with Crippen molar-refractivity contribution in [3.8, 4) is 0 Å². The Kier molecular flexibility index (Phi) is 2.96. The van der Waals surface area contributed by atoms with E-state index in [2.05, 4.69) is 20.5 Å². The topological polar surface area (TPSA) is 98.2 Å². The number of nitrogens with zero attached hydrogens (tertiary/aromatic N) is 5. The van der Waals surface area contributed by atoms with Crippen molar-refractivity contribution in [3.05, 3.63) is 58.7 Å². The van der Waals surface area contributed by atoms with Gasteiger partial charge in [0.15, 0.2) is 5.82 Å². The first kappa shape index (κ1) is 12.0. The highest BCUT2D eigenvalue weighted by Gasteiger charge is 2.07. The van der Waals surface area contributed by atoms with E-state index >= 15 is 0 Å². The Hall–Kier alpha value is -3.03. The average Bonchev–Trinajstić information content (AvgIpc) is 2.94. The first-order chi connectivity index (χ1) is 9.74. The van der Waals surface area contributed by atoms with Gasteiger partial charge >= 0.3 is 0 Å². The van der Waals surface area contributed by atoms with Crippen LogP contribution in [-0.2, 0) is 6.54 Å². The molecule has 0 saturated heterocycles. The summed E-state index contributed by atoms with van der Waals surface area (Å²) in [5.41, 5.74) is 1.47. The lowest BCUT2D eigenvalue weighted by Gasteiger charge is -2.06. The molecule has 0 atom stereocenters. The Morgan fingerprint density at radius 3 is 3.15 bits per heavy atom. The summed E-state index contributed by atoms with van der Waals surface area (Å²) in [6.45, 7) is 0.418. The van der Waals surface area contributed by atoms with E-state index in [1.807, 2.05) is 6.07 Å². The fraction of sp³-hybridized carbons (Fsp3) is 0.0833. The molecule has 100 valence electrons. The number of nitro groups is 1. The minimum Gasteiger partial charge on any atom is -0.363 e. The summed E-state index contributed by atoms with van der Waals surface area (Å²) in [6.07, 6.45) is 4.95. The second-order valence-corrected chi connectivity index (χ2v) is 4.12. The summed E-state index contributed by atoms with van der Waals surface area (Å²) in [6, 6.07) is 6.45. The summed E-state index contributed by atoms with van der Waals surface area (Å²) >= 11 is 0. The molecule has 0 saturated carbocycles. The summed E-state index contributed by atoms with van der Waals surface area (Å²) < 4.78 is 1.74. The number of hydrogen-bond donors (Lipinski definition) is 1. The summed E-state index contributed by atoms with van der Waals surface area (Å²) in [4.78, 5) is 14.5. The molecule has 2 aromatic heterocycles. The van der Waals surface area contributed by atoms with Gasteiger partial charge in [0, 0.05) is 31.1 Å². The Labute approximate surface area is 113 Å². The van der Waals surface area contributed by atoms with Gasteiger partial charge in [-0.1, -0.05) is 12.1 Å². The van der Waals surface area contributed by atoms with Crippen molar-refractivity contribution < 1.29 is 4.92 Å². The molecule has 0 radical (unpaired) electrons. The maximum Gasteiger partial charge on any atom is 0.269 e. The molecular formula is C12H10N6O2. The lowest BCUT2D eigenvalue weighted by molar-refractivity contribution is -0.384. The summed E-state index contributed by atoms with van der Waals surface area (Å²) in [5, 5.41) is 21.6. The van der Waals surface area contributed by atoms with E-state index in [0.29, 0.717) is 18.0 Å². The van der Waals surface area contributed by atoms with Crippen molar-refractivity contribution in [2.45, 2.75) is 6.54 Å². The van der Waals surface area contributed by atoms with Gasteiger partial charge in [-0.3, -0.25) is 14.5 Å². The molecule has 8 heteroatoms. The number of benzene rings is 1. The van der Waals surface area contributed by atoms with Gasteiger partial charge in [0.2, 0.25) is 5.65 Å². The first-order valence-electron chi connectivity index (χ1n) is 5.85. The Bertz CT molecular complexity index is 769. The van der Waals surface area contributed by atoms with Gasteiger partial charge in [0.1, 0.15) is 6.33 Å². The number of non-ortho nitro benzene ring substituents is 1. The maximum absolute atomic E-state index is 10.7. The van der Waals surface area contributed by atoms with E-state index in [-0.39, 0.29) is 5.69 Å². The molecule has 2 heterocycles. The second-order valence-electron chi connectivity index (χ2n) is 4.12. The molecule has 0 spiro atoms. The number of anilines is 1. The highest BCUT2D eigenvalue weighted by atomic mass is 16.6. The van der Waals surface area contributed by atoms with Crippen molar-refractivity contribution >= 4 is 17.2 Å². The molecule has 1 N–H and O–H groups in total. The molecule has 0 aliphatic rings. The normalized spacial score (nSPS) is 10.6. The van der Waals surface area contributed by atoms with Crippen LogP contribution in [0.1, 0.15) is 5.56 Å². The van der Waals surface area contributed by atoms with Crippen LogP contribution in [0, 0.1) is 10.1 Å². The van der Waals surface area contributed by atoms with Crippen molar-refractivity contribution in [1.82, 2.24) is 19.6 Å². The number of aromatic nitrogens is 4. The fourth-order valence-corrected chi connectivity index (χ4v) is 1.85. The lowest BCUT2D eigenvalue weighted by atomic mass is 10.2. The minimum atomic E-state index is -0.416. The van der Waals surface area contributed by atoms with Crippen molar-refractivity contribution in [3.63, 3.8) is 0 Å². The quantitative estimate of drug-likeness (QED) is 0.571. The zero-order valence-corrected chi connectivity index (χ0v) is 10.3. The highest BCUT2D eigenvalue weighted by Crippen LogP contribution is 2.15. The van der Waals surface area contributed by atoms with Gasteiger partial charge in [0.25, 0.3) is 5.69 Å². The van der Waals surface area contributed by atoms with Crippen LogP contribution in [0.25, 0.3) is 5.65 Å². The van der Waals surface area contributed by atoms with Gasteiger partial charge in [-0.2, -0.15) is 0 Å². The first-order valence-corrected chi connectivity index (χ1v) is 5.85.